The average Bonchev–Trinajstić information content (AvgIpc) is 3.01. The number of aliphatic carboxylic acids is 1. The number of carboxylic acids is 1. The maximum atomic E-state index is 13.1. The van der Waals surface area contributed by atoms with E-state index < -0.39 is 52.7 Å². The molecule has 0 spiro atoms. The number of alkyl halides is 3. The minimum atomic E-state index is -4.83. The van der Waals surface area contributed by atoms with Gasteiger partial charge in [0.05, 0.1) is 16.7 Å². The summed E-state index contributed by atoms with van der Waals surface area (Å²) in [6.07, 6.45) is -4.83. The van der Waals surface area contributed by atoms with Gasteiger partial charge in [0, 0.05) is 24.5 Å². The minimum Gasteiger partial charge on any atom is -0.481 e. The lowest BCUT2D eigenvalue weighted by atomic mass is 9.96. The normalized spacial score (nSPS) is 22.0. The van der Waals surface area contributed by atoms with E-state index in [4.69, 9.17) is 9.52 Å². The van der Waals surface area contributed by atoms with Gasteiger partial charge in [-0.3, -0.25) is 4.79 Å². The monoisotopic (exact) mass is 391 g/mol. The molecule has 3 rings (SSSR count). The molecule has 1 N–H and O–H groups in total. The van der Waals surface area contributed by atoms with Crippen molar-refractivity contribution in [1.82, 2.24) is 4.31 Å². The second-order valence-corrected chi connectivity index (χ2v) is 7.81. The third-order valence-electron chi connectivity index (χ3n) is 4.25. The van der Waals surface area contributed by atoms with E-state index in [1.165, 1.54) is 12.1 Å². The lowest BCUT2D eigenvalue weighted by Crippen LogP contribution is -2.34. The molecule has 11 heteroatoms. The highest BCUT2D eigenvalue weighted by Gasteiger charge is 2.54. The Morgan fingerprint density at radius 2 is 1.88 bits per heavy atom. The number of halogens is 3. The van der Waals surface area contributed by atoms with E-state index in [0.717, 1.165) is 18.2 Å². The minimum absolute atomic E-state index is 0.120. The van der Waals surface area contributed by atoms with Gasteiger partial charge in [-0.2, -0.15) is 17.5 Å². The van der Waals surface area contributed by atoms with Crippen LogP contribution in [0.1, 0.15) is 0 Å². The second-order valence-electron chi connectivity index (χ2n) is 5.87. The molecule has 26 heavy (non-hydrogen) atoms. The molecule has 0 bridgehead atoms. The molecule has 0 radical (unpaired) electrons. The zero-order valence-electron chi connectivity index (χ0n) is 12.9. The van der Waals surface area contributed by atoms with E-state index >= 15 is 0 Å². The number of carbonyl (C=O) groups is 1. The molecule has 0 aliphatic carbocycles. The van der Waals surface area contributed by atoms with Gasteiger partial charge < -0.3 is 9.52 Å². The van der Waals surface area contributed by atoms with E-state index in [9.17, 15) is 31.2 Å². The maximum absolute atomic E-state index is 13.1. The second kappa shape index (κ2) is 6.09. The number of sulfonamides is 1. The quantitative estimate of drug-likeness (QED) is 0.799. The molecule has 1 aliphatic rings. The largest absolute Gasteiger partial charge is 0.481 e. The summed E-state index contributed by atoms with van der Waals surface area (Å²) in [5, 5.41) is 9.28. The lowest BCUT2D eigenvalue weighted by Gasteiger charge is -2.18. The Labute approximate surface area is 144 Å². The van der Waals surface area contributed by atoms with Crippen molar-refractivity contribution in [2.24, 2.45) is 11.8 Å². The smallest absolute Gasteiger partial charge is 0.393 e. The van der Waals surface area contributed by atoms with Crippen LogP contribution >= 0.6 is 0 Å². The van der Waals surface area contributed by atoms with Crippen LogP contribution in [-0.2, 0) is 14.8 Å². The molecule has 0 amide bonds. The van der Waals surface area contributed by atoms with Crippen LogP contribution < -0.4 is 5.63 Å². The molecule has 1 aromatic carbocycles. The molecule has 1 aliphatic heterocycles. The Balaban J connectivity index is 1.99. The third-order valence-corrected chi connectivity index (χ3v) is 6.08. The summed E-state index contributed by atoms with van der Waals surface area (Å²) < 4.78 is 69.9. The number of rotatable bonds is 3. The Morgan fingerprint density at radius 3 is 2.46 bits per heavy atom. The maximum Gasteiger partial charge on any atom is 0.393 e. The van der Waals surface area contributed by atoms with Crippen molar-refractivity contribution in [2.75, 3.05) is 13.1 Å². The summed E-state index contributed by atoms with van der Waals surface area (Å²) in [4.78, 5) is 21.9. The molecule has 1 saturated heterocycles. The molecule has 7 nitrogen and oxygen atoms in total. The van der Waals surface area contributed by atoms with Crippen molar-refractivity contribution in [1.29, 1.82) is 0 Å². The summed E-state index contributed by atoms with van der Waals surface area (Å²) >= 11 is 0. The summed E-state index contributed by atoms with van der Waals surface area (Å²) in [6, 6.07) is 5.87. The van der Waals surface area contributed by atoms with Gasteiger partial charge in [-0.1, -0.05) is 0 Å². The van der Waals surface area contributed by atoms with E-state index in [1.807, 2.05) is 0 Å². The first-order chi connectivity index (χ1) is 12.0. The van der Waals surface area contributed by atoms with Crippen LogP contribution in [0.4, 0.5) is 13.2 Å². The van der Waals surface area contributed by atoms with Gasteiger partial charge in [0.25, 0.3) is 0 Å². The molecular formula is C15H12F3NO6S. The first kappa shape index (κ1) is 18.4. The Bertz CT molecular complexity index is 1030. The molecular weight excluding hydrogens is 379 g/mol. The van der Waals surface area contributed by atoms with Crippen molar-refractivity contribution in [3.63, 3.8) is 0 Å². The molecule has 0 saturated carbocycles. The summed E-state index contributed by atoms with van der Waals surface area (Å²) in [7, 11) is -4.35. The van der Waals surface area contributed by atoms with E-state index in [1.54, 1.807) is 0 Å². The van der Waals surface area contributed by atoms with Crippen LogP contribution in [0.25, 0.3) is 11.0 Å². The predicted octanol–water partition coefficient (Wildman–Crippen LogP) is 1.68. The molecule has 1 aromatic heterocycles. The molecule has 0 unspecified atom stereocenters. The van der Waals surface area contributed by atoms with Gasteiger partial charge in [0.2, 0.25) is 10.0 Å². The van der Waals surface area contributed by atoms with Crippen LogP contribution in [0, 0.1) is 11.8 Å². The van der Waals surface area contributed by atoms with Crippen LogP contribution in [0.5, 0.6) is 0 Å². The number of benzene rings is 1. The fourth-order valence-corrected chi connectivity index (χ4v) is 4.43. The molecule has 140 valence electrons. The topological polar surface area (TPSA) is 105 Å². The van der Waals surface area contributed by atoms with Crippen molar-refractivity contribution >= 4 is 27.0 Å². The number of hydrogen-bond acceptors (Lipinski definition) is 5. The van der Waals surface area contributed by atoms with Gasteiger partial charge in [0.1, 0.15) is 5.58 Å². The highest BCUT2D eigenvalue weighted by atomic mass is 32.2. The predicted molar refractivity (Wildman–Crippen MR) is 81.9 cm³/mol. The van der Waals surface area contributed by atoms with Crippen LogP contribution in [0.3, 0.4) is 0 Å². The fourth-order valence-electron chi connectivity index (χ4n) is 2.91. The van der Waals surface area contributed by atoms with Gasteiger partial charge >= 0.3 is 17.8 Å². The highest BCUT2D eigenvalue weighted by Crippen LogP contribution is 2.39. The van der Waals surface area contributed by atoms with Crippen molar-refractivity contribution in [3.8, 4) is 0 Å². The number of hydrogen-bond donors (Lipinski definition) is 1. The van der Waals surface area contributed by atoms with E-state index in [-0.39, 0.29) is 15.9 Å². The number of fused-ring (bicyclic) bond motifs is 1. The van der Waals surface area contributed by atoms with Crippen LogP contribution in [-0.4, -0.2) is 43.1 Å². The highest BCUT2D eigenvalue weighted by molar-refractivity contribution is 7.89. The lowest BCUT2D eigenvalue weighted by molar-refractivity contribution is -0.187. The molecule has 1 fully saturated rings. The third kappa shape index (κ3) is 3.19. The van der Waals surface area contributed by atoms with Crippen molar-refractivity contribution < 1.29 is 35.9 Å². The summed E-state index contributed by atoms with van der Waals surface area (Å²) in [5.74, 6) is -5.86. The van der Waals surface area contributed by atoms with Crippen LogP contribution in [0.15, 0.2) is 44.4 Å². The first-order valence-corrected chi connectivity index (χ1v) is 8.78. The molecule has 2 aromatic rings. The SMILES string of the molecule is O=C(O)[C@@H]1CN(S(=O)(=O)c2ccc3oc(=O)ccc3c2)C[C@H]1C(F)(F)F. The van der Waals surface area contributed by atoms with E-state index in [2.05, 4.69) is 0 Å². The van der Waals surface area contributed by atoms with Crippen LogP contribution in [0.2, 0.25) is 0 Å². The summed E-state index contributed by atoms with van der Waals surface area (Å²) in [5.41, 5.74) is -0.514. The standard InChI is InChI=1S/C15H12F3NO6S/c16-15(17,18)11-7-19(6-10(11)14(21)22)26(23,24)9-2-3-12-8(5-9)1-4-13(20)25-12/h1-5,10-11H,6-7H2,(H,21,22)/t10-,11-/m1/s1. The van der Waals surface area contributed by atoms with Gasteiger partial charge in [-0.25, -0.2) is 13.2 Å². The zero-order chi connectivity index (χ0) is 19.3. The Morgan fingerprint density at radius 1 is 1.19 bits per heavy atom. The van der Waals surface area contributed by atoms with E-state index in [0.29, 0.717) is 4.31 Å². The number of carboxylic acid groups (broad SMARTS) is 1. The fraction of sp³-hybridized carbons (Fsp3) is 0.333. The van der Waals surface area contributed by atoms with Gasteiger partial charge in [-0.05, 0) is 24.3 Å². The van der Waals surface area contributed by atoms with Crippen molar-refractivity contribution in [2.45, 2.75) is 11.1 Å². The van der Waals surface area contributed by atoms with Crippen molar-refractivity contribution in [3.05, 3.63) is 40.8 Å². The first-order valence-electron chi connectivity index (χ1n) is 7.34. The molecule has 2 atom stereocenters. The zero-order valence-corrected chi connectivity index (χ0v) is 13.7. The Kier molecular flexibility index (Phi) is 4.31. The Hall–Kier alpha value is -2.40. The van der Waals surface area contributed by atoms with Gasteiger partial charge in [0.15, 0.2) is 0 Å². The average molecular weight is 391 g/mol. The number of nitrogens with zero attached hydrogens (tertiary/aromatic N) is 1. The molecule has 2 heterocycles. The van der Waals surface area contributed by atoms with Gasteiger partial charge in [-0.15, -0.1) is 0 Å². The summed E-state index contributed by atoms with van der Waals surface area (Å²) in [6.45, 7) is -1.74.